The summed E-state index contributed by atoms with van der Waals surface area (Å²) in [7, 11) is 1.77. The number of urea groups is 1. The number of nitrogens with zero attached hydrogens (tertiary/aromatic N) is 2. The highest BCUT2D eigenvalue weighted by Crippen LogP contribution is 2.27. The summed E-state index contributed by atoms with van der Waals surface area (Å²) in [6.07, 6.45) is 3.45. The molecule has 7 heteroatoms. The quantitative estimate of drug-likeness (QED) is 0.652. The highest BCUT2D eigenvalue weighted by molar-refractivity contribution is 5.90. The van der Waals surface area contributed by atoms with Gasteiger partial charge in [-0.2, -0.15) is 0 Å². The molecule has 0 aliphatic carbocycles. The van der Waals surface area contributed by atoms with Gasteiger partial charge in [0.1, 0.15) is 24.2 Å². The van der Waals surface area contributed by atoms with Crippen LogP contribution in [0.5, 0.6) is 5.75 Å². The molecule has 3 aromatic rings. The predicted octanol–water partition coefficient (Wildman–Crippen LogP) is 3.15. The molecule has 1 atom stereocenters. The summed E-state index contributed by atoms with van der Waals surface area (Å²) in [5.41, 5.74) is 2.74. The van der Waals surface area contributed by atoms with Gasteiger partial charge in [0.25, 0.3) is 0 Å². The summed E-state index contributed by atoms with van der Waals surface area (Å²) in [5.74, 6) is 1.57. The van der Waals surface area contributed by atoms with Crippen LogP contribution in [0.25, 0.3) is 0 Å². The van der Waals surface area contributed by atoms with E-state index in [1.165, 1.54) is 0 Å². The number of carbonyl (C=O) groups is 1. The van der Waals surface area contributed by atoms with Gasteiger partial charge in [-0.1, -0.05) is 30.3 Å². The number of imidazole rings is 1. The van der Waals surface area contributed by atoms with Crippen molar-refractivity contribution in [2.75, 3.05) is 25.5 Å². The van der Waals surface area contributed by atoms with Crippen LogP contribution in [0.15, 0.2) is 60.9 Å². The van der Waals surface area contributed by atoms with Gasteiger partial charge < -0.3 is 25.3 Å². The van der Waals surface area contributed by atoms with E-state index in [0.29, 0.717) is 19.0 Å². The SMILES string of the molecule is CN(C(=O)Nc1ccc2c(c1)CNCCO2)C(c1ccccc1)c1ncc[nH]1. The van der Waals surface area contributed by atoms with Gasteiger partial charge >= 0.3 is 6.03 Å². The Morgan fingerprint density at radius 3 is 2.89 bits per heavy atom. The Bertz CT molecular complexity index is 927. The number of aromatic nitrogens is 2. The number of rotatable bonds is 4. The highest BCUT2D eigenvalue weighted by Gasteiger charge is 2.25. The molecule has 2 amide bonds. The summed E-state index contributed by atoms with van der Waals surface area (Å²) in [4.78, 5) is 22.1. The molecule has 0 fully saturated rings. The van der Waals surface area contributed by atoms with Crippen LogP contribution in [0.1, 0.15) is 23.0 Å². The zero-order valence-corrected chi connectivity index (χ0v) is 15.7. The molecule has 7 nitrogen and oxygen atoms in total. The Hall–Kier alpha value is -3.32. The first kappa shape index (κ1) is 18.1. The number of nitrogens with one attached hydrogen (secondary N) is 3. The molecule has 0 spiro atoms. The first-order chi connectivity index (χ1) is 13.7. The van der Waals surface area contributed by atoms with Crippen LogP contribution in [0.2, 0.25) is 0 Å². The minimum Gasteiger partial charge on any atom is -0.492 e. The third-order valence-corrected chi connectivity index (χ3v) is 4.76. The minimum absolute atomic E-state index is 0.215. The second kappa shape index (κ2) is 8.14. The van der Waals surface area contributed by atoms with Crippen LogP contribution in [0, 0.1) is 0 Å². The number of hydrogen-bond acceptors (Lipinski definition) is 4. The van der Waals surface area contributed by atoms with Crippen molar-refractivity contribution < 1.29 is 9.53 Å². The average molecular weight is 377 g/mol. The first-order valence-corrected chi connectivity index (χ1v) is 9.27. The van der Waals surface area contributed by atoms with Gasteiger partial charge in [0, 0.05) is 43.8 Å². The Balaban J connectivity index is 1.55. The molecular formula is C21H23N5O2. The maximum absolute atomic E-state index is 13.0. The van der Waals surface area contributed by atoms with Crippen LogP contribution >= 0.6 is 0 Å². The van der Waals surface area contributed by atoms with Gasteiger partial charge in [-0.15, -0.1) is 0 Å². The number of amides is 2. The van der Waals surface area contributed by atoms with E-state index in [1.54, 1.807) is 24.3 Å². The van der Waals surface area contributed by atoms with E-state index in [0.717, 1.165) is 29.1 Å². The number of anilines is 1. The van der Waals surface area contributed by atoms with Gasteiger partial charge in [0.15, 0.2) is 0 Å². The highest BCUT2D eigenvalue weighted by atomic mass is 16.5. The number of H-pyrrole nitrogens is 1. The zero-order chi connectivity index (χ0) is 19.3. The van der Waals surface area contributed by atoms with Crippen LogP contribution in [-0.2, 0) is 6.54 Å². The number of hydrogen-bond donors (Lipinski definition) is 3. The van der Waals surface area contributed by atoms with Crippen LogP contribution in [-0.4, -0.2) is 41.1 Å². The fourth-order valence-corrected chi connectivity index (χ4v) is 3.35. The maximum Gasteiger partial charge on any atom is 0.322 e. The normalized spacial score (nSPS) is 14.3. The lowest BCUT2D eigenvalue weighted by atomic mass is 10.1. The molecule has 2 aromatic carbocycles. The van der Waals surface area contributed by atoms with Gasteiger partial charge in [0.05, 0.1) is 0 Å². The van der Waals surface area contributed by atoms with Crippen molar-refractivity contribution in [2.24, 2.45) is 0 Å². The molecule has 4 rings (SSSR count). The van der Waals surface area contributed by atoms with Crippen LogP contribution < -0.4 is 15.4 Å². The monoisotopic (exact) mass is 377 g/mol. The molecule has 2 heterocycles. The molecule has 1 aliphatic rings. The fourth-order valence-electron chi connectivity index (χ4n) is 3.35. The number of aromatic amines is 1. The average Bonchev–Trinajstić information content (AvgIpc) is 3.13. The topological polar surface area (TPSA) is 82.3 Å². The molecule has 144 valence electrons. The largest absolute Gasteiger partial charge is 0.492 e. The second-order valence-electron chi connectivity index (χ2n) is 6.68. The molecule has 1 aromatic heterocycles. The van der Waals surface area contributed by atoms with Crippen LogP contribution in [0.4, 0.5) is 10.5 Å². The molecule has 28 heavy (non-hydrogen) atoms. The van der Waals surface area contributed by atoms with E-state index >= 15 is 0 Å². The molecular weight excluding hydrogens is 354 g/mol. The zero-order valence-electron chi connectivity index (χ0n) is 15.7. The molecule has 1 aliphatic heterocycles. The van der Waals surface area contributed by atoms with Crippen molar-refractivity contribution in [3.63, 3.8) is 0 Å². The maximum atomic E-state index is 13.0. The number of ether oxygens (including phenoxy) is 1. The van der Waals surface area contributed by atoms with Gasteiger partial charge in [-0.25, -0.2) is 9.78 Å². The first-order valence-electron chi connectivity index (χ1n) is 9.27. The van der Waals surface area contributed by atoms with Gasteiger partial charge in [-0.3, -0.25) is 0 Å². The van der Waals surface area contributed by atoms with Crippen molar-refractivity contribution in [3.05, 3.63) is 77.9 Å². The lowest BCUT2D eigenvalue weighted by Crippen LogP contribution is -2.36. The van der Waals surface area contributed by atoms with Crippen molar-refractivity contribution >= 4 is 11.7 Å². The van der Waals surface area contributed by atoms with E-state index in [1.807, 2.05) is 48.5 Å². The van der Waals surface area contributed by atoms with Gasteiger partial charge in [-0.05, 0) is 23.8 Å². The van der Waals surface area contributed by atoms with Gasteiger partial charge in [0.2, 0.25) is 0 Å². The molecule has 3 N–H and O–H groups in total. The second-order valence-corrected chi connectivity index (χ2v) is 6.68. The molecule has 0 radical (unpaired) electrons. The van der Waals surface area contributed by atoms with E-state index in [9.17, 15) is 4.79 Å². The van der Waals surface area contributed by atoms with Crippen LogP contribution in [0.3, 0.4) is 0 Å². The summed E-state index contributed by atoms with van der Waals surface area (Å²) in [6, 6.07) is 15.0. The van der Waals surface area contributed by atoms with Crippen molar-refractivity contribution in [2.45, 2.75) is 12.6 Å². The molecule has 0 saturated heterocycles. The lowest BCUT2D eigenvalue weighted by molar-refractivity contribution is 0.210. The smallest absolute Gasteiger partial charge is 0.322 e. The number of fused-ring (bicyclic) bond motifs is 1. The molecule has 0 bridgehead atoms. The third-order valence-electron chi connectivity index (χ3n) is 4.76. The predicted molar refractivity (Wildman–Crippen MR) is 107 cm³/mol. The Morgan fingerprint density at radius 1 is 1.25 bits per heavy atom. The summed E-state index contributed by atoms with van der Waals surface area (Å²) >= 11 is 0. The molecule has 1 unspecified atom stereocenters. The Morgan fingerprint density at radius 2 is 2.11 bits per heavy atom. The molecule has 0 saturated carbocycles. The van der Waals surface area contributed by atoms with E-state index in [-0.39, 0.29) is 12.1 Å². The lowest BCUT2D eigenvalue weighted by Gasteiger charge is -2.27. The standard InChI is InChI=1S/C21H23N5O2/c1-26(19(20-23-9-10-24-20)15-5-3-2-4-6-15)21(27)25-17-7-8-18-16(13-17)14-22-11-12-28-18/h2-10,13,19,22H,11-12,14H2,1H3,(H,23,24)(H,25,27). The number of benzene rings is 2. The van der Waals surface area contributed by atoms with Crippen molar-refractivity contribution in [1.82, 2.24) is 20.2 Å². The summed E-state index contributed by atoms with van der Waals surface area (Å²) in [6.45, 7) is 2.16. The third kappa shape index (κ3) is 3.84. The van der Waals surface area contributed by atoms with E-state index in [2.05, 4.69) is 20.6 Å². The van der Waals surface area contributed by atoms with E-state index in [4.69, 9.17) is 4.74 Å². The van der Waals surface area contributed by atoms with E-state index < -0.39 is 0 Å². The number of carbonyl (C=O) groups excluding carboxylic acids is 1. The van der Waals surface area contributed by atoms with Crippen molar-refractivity contribution in [1.29, 1.82) is 0 Å². The minimum atomic E-state index is -0.318. The Kier molecular flexibility index (Phi) is 5.25. The summed E-state index contributed by atoms with van der Waals surface area (Å²) < 4.78 is 5.70. The van der Waals surface area contributed by atoms with Crippen molar-refractivity contribution in [3.8, 4) is 5.75 Å². The fraction of sp³-hybridized carbons (Fsp3) is 0.238. The summed E-state index contributed by atoms with van der Waals surface area (Å²) in [5, 5.41) is 6.29. The Labute approximate surface area is 163 Å².